The molecule has 1 aromatic rings. The van der Waals surface area contributed by atoms with Crippen LogP contribution in [0.15, 0.2) is 18.2 Å². The molecule has 1 aromatic carbocycles. The molecule has 4 rings (SSSR count). The van der Waals surface area contributed by atoms with Crippen LogP contribution in [0.25, 0.3) is 0 Å². The molecule has 118 valence electrons. The van der Waals surface area contributed by atoms with Crippen LogP contribution in [0.4, 0.5) is 5.69 Å². The molecule has 2 atom stereocenters. The van der Waals surface area contributed by atoms with Gasteiger partial charge in [-0.15, -0.1) is 0 Å². The van der Waals surface area contributed by atoms with Gasteiger partial charge < -0.3 is 15.5 Å². The zero-order valence-electron chi connectivity index (χ0n) is 13.1. The molecule has 3 aliphatic heterocycles. The van der Waals surface area contributed by atoms with Crippen LogP contribution in [0.3, 0.4) is 0 Å². The van der Waals surface area contributed by atoms with Gasteiger partial charge in [0, 0.05) is 30.9 Å². The number of amides is 1. The first-order valence-electron chi connectivity index (χ1n) is 8.68. The van der Waals surface area contributed by atoms with E-state index in [-0.39, 0.29) is 5.91 Å². The lowest BCUT2D eigenvalue weighted by atomic mass is 9.92. The maximum Gasteiger partial charge on any atom is 0.254 e. The van der Waals surface area contributed by atoms with Gasteiger partial charge in [-0.05, 0) is 68.3 Å². The summed E-state index contributed by atoms with van der Waals surface area (Å²) in [4.78, 5) is 15.1. The lowest BCUT2D eigenvalue weighted by Gasteiger charge is -2.25. The molecular formula is C18H25N3O. The van der Waals surface area contributed by atoms with E-state index in [1.54, 1.807) is 0 Å². The van der Waals surface area contributed by atoms with Gasteiger partial charge in [0.2, 0.25) is 0 Å². The molecule has 0 bridgehead atoms. The van der Waals surface area contributed by atoms with E-state index in [0.29, 0.717) is 0 Å². The molecule has 1 amide bonds. The first-order chi connectivity index (χ1) is 10.8. The molecule has 0 aromatic heterocycles. The van der Waals surface area contributed by atoms with E-state index in [9.17, 15) is 4.79 Å². The number of anilines is 1. The second kappa shape index (κ2) is 5.92. The maximum atomic E-state index is 13.0. The van der Waals surface area contributed by atoms with E-state index in [0.717, 1.165) is 81.5 Å². The summed E-state index contributed by atoms with van der Waals surface area (Å²) in [6, 6.07) is 6.13. The minimum atomic E-state index is 0.244. The second-order valence-corrected chi connectivity index (χ2v) is 6.91. The number of nitrogens with zero attached hydrogens (tertiary/aromatic N) is 1. The van der Waals surface area contributed by atoms with E-state index < -0.39 is 0 Å². The first kappa shape index (κ1) is 14.1. The predicted octanol–water partition coefficient (Wildman–Crippen LogP) is 2.12. The highest BCUT2D eigenvalue weighted by Gasteiger charge is 2.32. The maximum absolute atomic E-state index is 13.0. The molecule has 0 saturated carbocycles. The molecule has 2 N–H and O–H groups in total. The van der Waals surface area contributed by atoms with Crippen LogP contribution >= 0.6 is 0 Å². The Morgan fingerprint density at radius 2 is 1.91 bits per heavy atom. The van der Waals surface area contributed by atoms with Crippen LogP contribution in [0.5, 0.6) is 0 Å². The molecule has 4 nitrogen and oxygen atoms in total. The fourth-order valence-corrected chi connectivity index (χ4v) is 4.30. The molecule has 0 unspecified atom stereocenters. The standard InChI is InChI=1S/C18H25N3O/c22-18(16-3-1-5-17-15(16)4-2-8-20-17)21-9-6-13-11-19-12-14(13)7-10-21/h1,3,5,13-14,19-20H,2,4,6-12H2/t13-,14+. The molecule has 0 aliphatic carbocycles. The topological polar surface area (TPSA) is 44.4 Å². The largest absolute Gasteiger partial charge is 0.385 e. The Balaban J connectivity index is 1.54. The molecular weight excluding hydrogens is 274 g/mol. The Morgan fingerprint density at radius 1 is 1.14 bits per heavy atom. The summed E-state index contributed by atoms with van der Waals surface area (Å²) >= 11 is 0. The van der Waals surface area contributed by atoms with Crippen molar-refractivity contribution in [2.24, 2.45) is 11.8 Å². The number of nitrogens with one attached hydrogen (secondary N) is 2. The van der Waals surface area contributed by atoms with Gasteiger partial charge in [0.25, 0.3) is 5.91 Å². The number of fused-ring (bicyclic) bond motifs is 2. The SMILES string of the molecule is O=C(c1cccc2c1CCCN2)N1CC[C@@H]2CNC[C@@H]2CC1. The number of carbonyl (C=O) groups is 1. The monoisotopic (exact) mass is 299 g/mol. The van der Waals surface area contributed by atoms with Crippen molar-refractivity contribution >= 4 is 11.6 Å². The van der Waals surface area contributed by atoms with Crippen LogP contribution in [0.1, 0.15) is 35.2 Å². The van der Waals surface area contributed by atoms with Crippen molar-refractivity contribution in [1.82, 2.24) is 10.2 Å². The highest BCUT2D eigenvalue weighted by atomic mass is 16.2. The summed E-state index contributed by atoms with van der Waals surface area (Å²) in [7, 11) is 0. The van der Waals surface area contributed by atoms with Crippen molar-refractivity contribution in [2.45, 2.75) is 25.7 Å². The Kier molecular flexibility index (Phi) is 3.78. The third-order valence-corrected chi connectivity index (χ3v) is 5.63. The quantitative estimate of drug-likeness (QED) is 0.835. The summed E-state index contributed by atoms with van der Waals surface area (Å²) in [6.45, 7) is 5.12. The van der Waals surface area contributed by atoms with Gasteiger partial charge in [-0.2, -0.15) is 0 Å². The second-order valence-electron chi connectivity index (χ2n) is 6.91. The summed E-state index contributed by atoms with van der Waals surface area (Å²) in [5.74, 6) is 1.78. The Morgan fingerprint density at radius 3 is 2.68 bits per heavy atom. The van der Waals surface area contributed by atoms with Crippen molar-refractivity contribution in [2.75, 3.05) is 38.0 Å². The molecule has 0 radical (unpaired) electrons. The molecule has 3 heterocycles. The van der Waals surface area contributed by atoms with Crippen molar-refractivity contribution in [3.05, 3.63) is 29.3 Å². The van der Waals surface area contributed by atoms with E-state index in [1.165, 1.54) is 5.56 Å². The third-order valence-electron chi connectivity index (χ3n) is 5.63. The van der Waals surface area contributed by atoms with Crippen molar-refractivity contribution in [3.8, 4) is 0 Å². The fraction of sp³-hybridized carbons (Fsp3) is 0.611. The number of hydrogen-bond acceptors (Lipinski definition) is 3. The van der Waals surface area contributed by atoms with E-state index in [4.69, 9.17) is 0 Å². The molecule has 2 fully saturated rings. The van der Waals surface area contributed by atoms with Crippen LogP contribution < -0.4 is 10.6 Å². The molecule has 3 aliphatic rings. The molecule has 2 saturated heterocycles. The van der Waals surface area contributed by atoms with Crippen molar-refractivity contribution < 1.29 is 4.79 Å². The van der Waals surface area contributed by atoms with Gasteiger partial charge in [-0.1, -0.05) is 6.07 Å². The van der Waals surface area contributed by atoms with E-state index in [2.05, 4.69) is 21.6 Å². The highest BCUT2D eigenvalue weighted by molar-refractivity contribution is 5.97. The van der Waals surface area contributed by atoms with Crippen molar-refractivity contribution in [3.63, 3.8) is 0 Å². The van der Waals surface area contributed by atoms with Crippen LogP contribution in [0, 0.1) is 11.8 Å². The van der Waals surface area contributed by atoms with Gasteiger partial charge in [0.15, 0.2) is 0 Å². The predicted molar refractivity (Wildman–Crippen MR) is 88.2 cm³/mol. The highest BCUT2D eigenvalue weighted by Crippen LogP contribution is 2.30. The Hall–Kier alpha value is -1.55. The summed E-state index contributed by atoms with van der Waals surface area (Å²) in [5.41, 5.74) is 3.31. The number of hydrogen-bond donors (Lipinski definition) is 2. The summed E-state index contributed by atoms with van der Waals surface area (Å²) < 4.78 is 0. The smallest absolute Gasteiger partial charge is 0.254 e. The van der Waals surface area contributed by atoms with E-state index >= 15 is 0 Å². The third kappa shape index (κ3) is 2.50. The van der Waals surface area contributed by atoms with Crippen molar-refractivity contribution in [1.29, 1.82) is 0 Å². The van der Waals surface area contributed by atoms with Crippen LogP contribution in [-0.2, 0) is 6.42 Å². The van der Waals surface area contributed by atoms with Gasteiger partial charge in [0.05, 0.1) is 0 Å². The van der Waals surface area contributed by atoms with Crippen LogP contribution in [-0.4, -0.2) is 43.5 Å². The molecule has 0 spiro atoms. The fourth-order valence-electron chi connectivity index (χ4n) is 4.30. The average molecular weight is 299 g/mol. The van der Waals surface area contributed by atoms with Gasteiger partial charge in [-0.3, -0.25) is 4.79 Å². The summed E-state index contributed by atoms with van der Waals surface area (Å²) in [5, 5.41) is 6.92. The first-order valence-corrected chi connectivity index (χ1v) is 8.68. The van der Waals surface area contributed by atoms with Crippen LogP contribution in [0.2, 0.25) is 0 Å². The minimum Gasteiger partial charge on any atom is -0.385 e. The number of rotatable bonds is 1. The van der Waals surface area contributed by atoms with E-state index in [1.807, 2.05) is 12.1 Å². The normalized spacial score (nSPS) is 27.5. The lowest BCUT2D eigenvalue weighted by Crippen LogP contribution is -2.34. The zero-order valence-corrected chi connectivity index (χ0v) is 13.1. The Labute approximate surface area is 132 Å². The molecule has 4 heteroatoms. The zero-order chi connectivity index (χ0) is 14.9. The van der Waals surface area contributed by atoms with Gasteiger partial charge in [0.1, 0.15) is 0 Å². The Bertz CT molecular complexity index is 557. The van der Waals surface area contributed by atoms with Gasteiger partial charge >= 0.3 is 0 Å². The number of carbonyl (C=O) groups excluding carboxylic acids is 1. The number of benzene rings is 1. The average Bonchev–Trinajstić information content (AvgIpc) is 2.92. The number of likely N-dealkylation sites (tertiary alicyclic amines) is 1. The minimum absolute atomic E-state index is 0.244. The lowest BCUT2D eigenvalue weighted by molar-refractivity contribution is 0.0757. The van der Waals surface area contributed by atoms with Gasteiger partial charge in [-0.25, -0.2) is 0 Å². The molecule has 22 heavy (non-hydrogen) atoms. The summed E-state index contributed by atoms with van der Waals surface area (Å²) in [6.07, 6.45) is 4.44.